The number of benzene rings is 3. The predicted molar refractivity (Wildman–Crippen MR) is 160 cm³/mol. The highest BCUT2D eigenvalue weighted by Crippen LogP contribution is 2.29. The molecule has 0 saturated heterocycles. The maximum Gasteiger partial charge on any atom is 0.136 e. The Morgan fingerprint density at radius 1 is 0.667 bits per heavy atom. The second-order valence-corrected chi connectivity index (χ2v) is 9.98. The second-order valence-electron chi connectivity index (χ2n) is 7.11. The number of halogens is 3. The van der Waals surface area contributed by atoms with Gasteiger partial charge >= 0.3 is 0 Å². The van der Waals surface area contributed by atoms with Gasteiger partial charge in [0.05, 0.1) is 47.1 Å². The van der Waals surface area contributed by atoms with Crippen LogP contribution in [0.2, 0.25) is 0 Å². The number of ether oxygens (including phenoxy) is 5. The third-order valence-corrected chi connectivity index (χ3v) is 6.53. The zero-order valence-electron chi connectivity index (χ0n) is 21.1. The second kappa shape index (κ2) is 18.4. The van der Waals surface area contributed by atoms with Gasteiger partial charge in [-0.3, -0.25) is 0 Å². The van der Waals surface area contributed by atoms with Crippen molar-refractivity contribution < 1.29 is 28.8 Å². The minimum absolute atomic E-state index is 0.208. The van der Waals surface area contributed by atoms with Crippen LogP contribution in [0.4, 0.5) is 0 Å². The van der Waals surface area contributed by atoms with Crippen LogP contribution in [-0.2, 0) is 0 Å². The van der Waals surface area contributed by atoms with Crippen LogP contribution in [0.15, 0.2) is 63.5 Å². The monoisotopic (exact) mass is 738 g/mol. The summed E-state index contributed by atoms with van der Waals surface area (Å²) in [5, 5.41) is 8.97. The third-order valence-electron chi connectivity index (χ3n) is 4.33. The first-order chi connectivity index (χ1) is 17.3. The first kappa shape index (κ1) is 32.2. The van der Waals surface area contributed by atoms with E-state index in [9.17, 15) is 0 Å². The maximum atomic E-state index is 8.97. The van der Waals surface area contributed by atoms with Gasteiger partial charge in [-0.05, 0) is 104 Å². The summed E-state index contributed by atoms with van der Waals surface area (Å²) < 4.78 is 29.0. The highest BCUT2D eigenvalue weighted by molar-refractivity contribution is 14.1. The Labute approximate surface area is 244 Å². The Balaban J connectivity index is 0.000000273. The molecule has 0 heterocycles. The first-order valence-electron chi connectivity index (χ1n) is 11.2. The van der Waals surface area contributed by atoms with Gasteiger partial charge in [-0.1, -0.05) is 13.8 Å². The van der Waals surface area contributed by atoms with Gasteiger partial charge in [0.15, 0.2) is 0 Å². The molecule has 9 heteroatoms. The van der Waals surface area contributed by atoms with E-state index in [-0.39, 0.29) is 5.75 Å². The Bertz CT molecular complexity index is 991. The van der Waals surface area contributed by atoms with Gasteiger partial charge in [-0.25, -0.2) is 0 Å². The minimum atomic E-state index is 0.208. The minimum Gasteiger partial charge on any atom is -0.508 e. The van der Waals surface area contributed by atoms with Gasteiger partial charge in [0, 0.05) is 18.2 Å². The molecule has 1 N–H and O–H groups in total. The van der Waals surface area contributed by atoms with Crippen LogP contribution in [0.25, 0.3) is 0 Å². The Kier molecular flexibility index (Phi) is 16.4. The van der Waals surface area contributed by atoms with Crippen molar-refractivity contribution in [2.45, 2.75) is 26.7 Å². The van der Waals surface area contributed by atoms with E-state index < -0.39 is 0 Å². The van der Waals surface area contributed by atoms with Crippen LogP contribution in [0.1, 0.15) is 26.7 Å². The molecule has 6 nitrogen and oxygen atoms in total. The van der Waals surface area contributed by atoms with Gasteiger partial charge in [0.2, 0.25) is 0 Å². The van der Waals surface area contributed by atoms with Gasteiger partial charge in [-0.2, -0.15) is 0 Å². The zero-order chi connectivity index (χ0) is 26.9. The lowest BCUT2D eigenvalue weighted by Crippen LogP contribution is -1.96. The quantitative estimate of drug-likeness (QED) is 0.222. The number of hydrogen-bond donors (Lipinski definition) is 1. The molecule has 0 amide bonds. The molecule has 0 radical (unpaired) electrons. The number of phenols is 1. The highest BCUT2D eigenvalue weighted by Gasteiger charge is 2.02. The van der Waals surface area contributed by atoms with Crippen molar-refractivity contribution in [3.05, 3.63) is 67.1 Å². The lowest BCUT2D eigenvalue weighted by atomic mass is 10.3. The number of methoxy groups -OCH3 is 3. The van der Waals surface area contributed by atoms with Crippen LogP contribution in [0.5, 0.6) is 34.5 Å². The van der Waals surface area contributed by atoms with Crippen LogP contribution >= 0.6 is 54.5 Å². The summed E-state index contributed by atoms with van der Waals surface area (Å²) in [5.41, 5.74) is 0. The smallest absolute Gasteiger partial charge is 0.136 e. The topological polar surface area (TPSA) is 66.4 Å². The summed E-state index contributed by atoms with van der Waals surface area (Å²) >= 11 is 8.87. The molecule has 0 aliphatic carbocycles. The number of hydrogen-bond acceptors (Lipinski definition) is 6. The largest absolute Gasteiger partial charge is 0.508 e. The Morgan fingerprint density at radius 2 is 1.11 bits per heavy atom. The van der Waals surface area contributed by atoms with Crippen LogP contribution in [-0.4, -0.2) is 39.6 Å². The molecule has 3 aromatic carbocycles. The van der Waals surface area contributed by atoms with E-state index in [1.54, 1.807) is 39.5 Å². The molecule has 0 bridgehead atoms. The van der Waals surface area contributed by atoms with E-state index >= 15 is 0 Å². The number of rotatable bonds is 9. The van der Waals surface area contributed by atoms with Crippen molar-refractivity contribution in [2.75, 3.05) is 34.5 Å². The fourth-order valence-electron chi connectivity index (χ4n) is 2.55. The standard InChI is InChI=1S/C10H13BrO2.C10H13IO2.C7H7BrO2/c2*1-3-6-13-8-4-5-9(11)10(7-8)12-2;1-10-7-4-5(9)2-3-6(7)8/h2*4-5,7H,3,6H2,1-2H3;2-4,9H,1H3. The summed E-state index contributed by atoms with van der Waals surface area (Å²) in [6.45, 7) is 5.66. The normalized spacial score (nSPS) is 9.67. The molecule has 3 aromatic rings. The molecule has 3 rings (SSSR count). The summed E-state index contributed by atoms with van der Waals surface area (Å²) in [7, 11) is 4.87. The van der Waals surface area contributed by atoms with Crippen molar-refractivity contribution in [2.24, 2.45) is 0 Å². The van der Waals surface area contributed by atoms with Gasteiger partial charge in [0.25, 0.3) is 0 Å². The van der Waals surface area contributed by atoms with E-state index in [0.717, 1.165) is 61.6 Å². The van der Waals surface area contributed by atoms with Crippen molar-refractivity contribution in [3.8, 4) is 34.5 Å². The lowest BCUT2D eigenvalue weighted by Gasteiger charge is -2.07. The SMILES string of the molecule is CCCOc1ccc(Br)c(OC)c1.CCCOc1ccc(I)c(OC)c1.COc1cc(O)ccc1Br. The summed E-state index contributed by atoms with van der Waals surface area (Å²) in [5.74, 6) is 4.24. The molecule has 36 heavy (non-hydrogen) atoms. The van der Waals surface area contributed by atoms with Crippen molar-refractivity contribution >= 4 is 54.5 Å². The molecule has 198 valence electrons. The molecule has 0 aliphatic heterocycles. The van der Waals surface area contributed by atoms with Crippen molar-refractivity contribution in [3.63, 3.8) is 0 Å². The molecule has 0 atom stereocenters. The van der Waals surface area contributed by atoms with E-state index in [2.05, 4.69) is 68.3 Å². The molecule has 0 unspecified atom stereocenters. The fraction of sp³-hybridized carbons (Fsp3) is 0.333. The van der Waals surface area contributed by atoms with E-state index in [1.807, 2.05) is 36.4 Å². The summed E-state index contributed by atoms with van der Waals surface area (Å²) in [4.78, 5) is 0. The van der Waals surface area contributed by atoms with Gasteiger partial charge < -0.3 is 28.8 Å². The van der Waals surface area contributed by atoms with E-state index in [0.29, 0.717) is 5.75 Å². The molecule has 0 spiro atoms. The zero-order valence-corrected chi connectivity index (χ0v) is 26.5. The summed E-state index contributed by atoms with van der Waals surface area (Å²) in [6.07, 6.45) is 2.03. The molecular weight excluding hydrogens is 707 g/mol. The summed E-state index contributed by atoms with van der Waals surface area (Å²) in [6, 6.07) is 16.4. The number of aromatic hydroxyl groups is 1. The molecule has 0 aliphatic rings. The Hall–Kier alpha value is -1.85. The molecular formula is C27H33Br2IO6. The van der Waals surface area contributed by atoms with Crippen molar-refractivity contribution in [1.29, 1.82) is 0 Å². The van der Waals surface area contributed by atoms with Crippen LogP contribution < -0.4 is 23.7 Å². The fourth-order valence-corrected chi connectivity index (χ4v) is 3.92. The predicted octanol–water partition coefficient (Wildman–Crippen LogP) is 8.50. The lowest BCUT2D eigenvalue weighted by molar-refractivity contribution is 0.314. The first-order valence-corrected chi connectivity index (χ1v) is 13.9. The number of phenolic OH excluding ortho intramolecular Hbond substituents is 1. The maximum absolute atomic E-state index is 8.97. The average molecular weight is 740 g/mol. The van der Waals surface area contributed by atoms with Crippen LogP contribution in [0, 0.1) is 3.57 Å². The third kappa shape index (κ3) is 11.9. The average Bonchev–Trinajstić information content (AvgIpc) is 2.89. The molecule has 0 aromatic heterocycles. The van der Waals surface area contributed by atoms with Crippen LogP contribution in [0.3, 0.4) is 0 Å². The van der Waals surface area contributed by atoms with E-state index in [1.165, 1.54) is 0 Å². The highest BCUT2D eigenvalue weighted by atomic mass is 127. The molecule has 0 fully saturated rings. The molecule has 0 saturated carbocycles. The van der Waals surface area contributed by atoms with Crippen molar-refractivity contribution in [1.82, 2.24) is 0 Å². The Morgan fingerprint density at radius 3 is 1.58 bits per heavy atom. The van der Waals surface area contributed by atoms with E-state index in [4.69, 9.17) is 28.8 Å². The van der Waals surface area contributed by atoms with Gasteiger partial charge in [-0.15, -0.1) is 0 Å². The van der Waals surface area contributed by atoms with Gasteiger partial charge in [0.1, 0.15) is 34.5 Å².